The number of hydrogen-bond donors (Lipinski definition) is 3. The van der Waals surface area contributed by atoms with Crippen LogP contribution in [0.4, 0.5) is 0 Å². The van der Waals surface area contributed by atoms with Gasteiger partial charge in [-0.1, -0.05) is 30.3 Å². The lowest BCUT2D eigenvalue weighted by molar-refractivity contribution is -0.201. The van der Waals surface area contributed by atoms with Crippen molar-refractivity contribution in [2.75, 3.05) is 19.9 Å². The fourth-order valence-electron chi connectivity index (χ4n) is 6.07. The minimum atomic E-state index is -1.24. The summed E-state index contributed by atoms with van der Waals surface area (Å²) in [5.74, 6) is -1.18. The summed E-state index contributed by atoms with van der Waals surface area (Å²) in [6, 6.07) is 13.7. The summed E-state index contributed by atoms with van der Waals surface area (Å²) in [7, 11) is 0. The number of aliphatic hydroxyl groups excluding tert-OH is 1. The molecule has 3 heterocycles. The van der Waals surface area contributed by atoms with Crippen LogP contribution in [0.2, 0.25) is 0 Å². The largest absolute Gasteiger partial charge is 0.458 e. The summed E-state index contributed by atoms with van der Waals surface area (Å²) in [4.78, 5) is 46.3. The van der Waals surface area contributed by atoms with E-state index in [1.807, 2.05) is 24.3 Å². The lowest BCUT2D eigenvalue weighted by Crippen LogP contribution is -2.69. The zero-order valence-electron chi connectivity index (χ0n) is 20.9. The van der Waals surface area contributed by atoms with Gasteiger partial charge in [0.2, 0.25) is 5.91 Å². The van der Waals surface area contributed by atoms with E-state index >= 15 is 0 Å². The number of ether oxygens (including phenoxy) is 3. The molecule has 0 spiro atoms. The van der Waals surface area contributed by atoms with Crippen molar-refractivity contribution >= 4 is 40.4 Å². The Morgan fingerprint density at radius 2 is 1.92 bits per heavy atom. The zero-order chi connectivity index (χ0) is 27.1. The van der Waals surface area contributed by atoms with Gasteiger partial charge in [0.1, 0.15) is 36.6 Å². The number of rotatable bonds is 8. The number of nitrogens with one attached hydrogen (secondary N) is 2. The molecule has 4 fully saturated rings. The molecule has 39 heavy (non-hydrogen) atoms. The summed E-state index contributed by atoms with van der Waals surface area (Å²) in [5, 5.41) is 16.2. The Labute approximate surface area is 238 Å². The van der Waals surface area contributed by atoms with Gasteiger partial charge in [0.15, 0.2) is 6.04 Å². The standard InChI is InChI=1S/C27H28IN3O8/c28-18-7-2-1-5-17(18)13-31-22-25(34)38-19-11-27(22,23(39-31)21-20(19)36-14-37-21)26(35)30-12-15-4-3-6-16(10-15)24(33)29-8-9-32/h1-7,10,19-23,32H,8-9,11-14H2,(H,29,33)(H,30,35). The van der Waals surface area contributed by atoms with Crippen LogP contribution in [-0.4, -0.2) is 78.4 Å². The summed E-state index contributed by atoms with van der Waals surface area (Å²) >= 11 is 2.24. The Balaban J connectivity index is 1.28. The number of aliphatic hydroxyl groups is 1. The number of amides is 2. The molecule has 4 aliphatic rings. The molecule has 12 heteroatoms. The number of benzene rings is 2. The summed E-state index contributed by atoms with van der Waals surface area (Å²) in [6.45, 7) is 0.456. The van der Waals surface area contributed by atoms with Crippen LogP contribution >= 0.6 is 22.6 Å². The molecule has 6 atom stereocenters. The SMILES string of the molecule is O=C(NCCO)c1cccc(CNC(=O)C23CC4OC(=O)C2N(Cc2ccccc2I)OC3C2OCOC42)c1. The van der Waals surface area contributed by atoms with E-state index in [9.17, 15) is 14.4 Å². The molecule has 206 valence electrons. The van der Waals surface area contributed by atoms with E-state index < -0.39 is 41.8 Å². The van der Waals surface area contributed by atoms with Gasteiger partial charge in [0, 0.05) is 28.6 Å². The van der Waals surface area contributed by atoms with Crippen molar-refractivity contribution in [1.82, 2.24) is 15.7 Å². The lowest BCUT2D eigenvalue weighted by atomic mass is 9.62. The highest BCUT2D eigenvalue weighted by Gasteiger charge is 2.74. The first-order chi connectivity index (χ1) is 18.9. The molecule has 2 aromatic rings. The van der Waals surface area contributed by atoms with Crippen LogP contribution < -0.4 is 10.6 Å². The molecule has 6 rings (SSSR count). The van der Waals surface area contributed by atoms with Crippen molar-refractivity contribution in [1.29, 1.82) is 0 Å². The molecule has 1 aliphatic carbocycles. The number of carbonyl (C=O) groups excluding carboxylic acids is 3. The predicted octanol–water partition coefficient (Wildman–Crippen LogP) is 0.871. The third-order valence-electron chi connectivity index (χ3n) is 7.82. The highest BCUT2D eigenvalue weighted by Crippen LogP contribution is 2.55. The van der Waals surface area contributed by atoms with Crippen molar-refractivity contribution in [2.45, 2.75) is 50.0 Å². The van der Waals surface area contributed by atoms with Crippen LogP contribution in [0.5, 0.6) is 0 Å². The number of hydrogen-bond acceptors (Lipinski definition) is 9. The average Bonchev–Trinajstić information content (AvgIpc) is 3.56. The first-order valence-corrected chi connectivity index (χ1v) is 13.9. The molecule has 2 amide bonds. The average molecular weight is 649 g/mol. The molecular weight excluding hydrogens is 621 g/mol. The number of fused-ring (bicyclic) bond motifs is 4. The van der Waals surface area contributed by atoms with E-state index in [1.54, 1.807) is 29.3 Å². The second kappa shape index (κ2) is 10.7. The predicted molar refractivity (Wildman–Crippen MR) is 143 cm³/mol. The van der Waals surface area contributed by atoms with Crippen LogP contribution in [0.15, 0.2) is 48.5 Å². The number of esters is 1. The second-order valence-corrected chi connectivity index (χ2v) is 11.2. The molecule has 3 aliphatic heterocycles. The molecule has 2 aromatic carbocycles. The van der Waals surface area contributed by atoms with Crippen LogP contribution in [0.1, 0.15) is 27.9 Å². The number of hydroxylamine groups is 2. The highest BCUT2D eigenvalue weighted by molar-refractivity contribution is 14.1. The Hall–Kier alpha value is -2.62. The molecule has 0 aromatic heterocycles. The van der Waals surface area contributed by atoms with E-state index in [2.05, 4.69) is 33.2 Å². The zero-order valence-corrected chi connectivity index (χ0v) is 23.0. The molecule has 0 radical (unpaired) electrons. The smallest absolute Gasteiger partial charge is 0.327 e. The molecule has 3 saturated heterocycles. The number of carbonyl (C=O) groups is 3. The van der Waals surface area contributed by atoms with Gasteiger partial charge >= 0.3 is 5.97 Å². The van der Waals surface area contributed by atoms with Gasteiger partial charge in [-0.25, -0.2) is 0 Å². The topological polar surface area (TPSA) is 136 Å². The molecule has 11 nitrogen and oxygen atoms in total. The van der Waals surface area contributed by atoms with Crippen LogP contribution in [0.25, 0.3) is 0 Å². The molecular formula is C27H28IN3O8. The van der Waals surface area contributed by atoms with E-state index in [1.165, 1.54) is 0 Å². The van der Waals surface area contributed by atoms with Crippen molar-refractivity contribution in [3.63, 3.8) is 0 Å². The fourth-order valence-corrected chi connectivity index (χ4v) is 6.63. The minimum absolute atomic E-state index is 0.0351. The molecule has 2 bridgehead atoms. The normalized spacial score (nSPS) is 30.9. The molecule has 6 unspecified atom stereocenters. The van der Waals surface area contributed by atoms with E-state index in [4.69, 9.17) is 24.2 Å². The van der Waals surface area contributed by atoms with E-state index in [0.717, 1.165) is 9.13 Å². The maximum Gasteiger partial charge on any atom is 0.327 e. The molecule has 3 N–H and O–H groups in total. The van der Waals surface area contributed by atoms with E-state index in [0.29, 0.717) is 11.1 Å². The van der Waals surface area contributed by atoms with Crippen molar-refractivity contribution in [3.8, 4) is 0 Å². The number of nitrogens with zero attached hydrogens (tertiary/aromatic N) is 1. The van der Waals surface area contributed by atoms with Crippen molar-refractivity contribution in [2.24, 2.45) is 5.41 Å². The Morgan fingerprint density at radius 3 is 2.74 bits per heavy atom. The highest BCUT2D eigenvalue weighted by atomic mass is 127. The van der Waals surface area contributed by atoms with Gasteiger partial charge in [0.05, 0.1) is 13.2 Å². The number of halogens is 1. The van der Waals surface area contributed by atoms with Crippen LogP contribution in [-0.2, 0) is 41.7 Å². The van der Waals surface area contributed by atoms with Crippen molar-refractivity contribution in [3.05, 3.63) is 68.8 Å². The van der Waals surface area contributed by atoms with Crippen LogP contribution in [0.3, 0.4) is 0 Å². The maximum absolute atomic E-state index is 14.1. The minimum Gasteiger partial charge on any atom is -0.458 e. The third-order valence-corrected chi connectivity index (χ3v) is 8.87. The Morgan fingerprint density at radius 1 is 1.10 bits per heavy atom. The van der Waals surface area contributed by atoms with Gasteiger partial charge in [-0.3, -0.25) is 19.2 Å². The maximum atomic E-state index is 14.1. The summed E-state index contributed by atoms with van der Waals surface area (Å²) in [6.07, 6.45) is -2.19. The van der Waals surface area contributed by atoms with Crippen molar-refractivity contribution < 1.29 is 38.5 Å². The van der Waals surface area contributed by atoms with Gasteiger partial charge in [-0.2, -0.15) is 5.06 Å². The summed E-state index contributed by atoms with van der Waals surface area (Å²) < 4.78 is 18.4. The first kappa shape index (κ1) is 26.6. The molecule has 1 saturated carbocycles. The Bertz CT molecular complexity index is 1290. The first-order valence-electron chi connectivity index (χ1n) is 12.8. The Kier molecular flexibility index (Phi) is 7.33. The van der Waals surface area contributed by atoms with Gasteiger partial charge in [-0.15, -0.1) is 0 Å². The second-order valence-electron chi connectivity index (χ2n) is 10.1. The van der Waals surface area contributed by atoms with Gasteiger partial charge < -0.3 is 30.0 Å². The monoisotopic (exact) mass is 649 g/mol. The fraction of sp³-hybridized carbons (Fsp3) is 0.444. The quantitative estimate of drug-likeness (QED) is 0.281. The third kappa shape index (κ3) is 4.62. The van der Waals surface area contributed by atoms with Crippen LogP contribution in [0, 0.1) is 8.99 Å². The van der Waals surface area contributed by atoms with E-state index in [-0.39, 0.29) is 51.3 Å². The lowest BCUT2D eigenvalue weighted by Gasteiger charge is -2.48. The van der Waals surface area contributed by atoms with Gasteiger partial charge in [0.25, 0.3) is 5.91 Å². The summed E-state index contributed by atoms with van der Waals surface area (Å²) in [5.41, 5.74) is 0.840. The van der Waals surface area contributed by atoms with Gasteiger partial charge in [-0.05, 0) is 51.9 Å².